The van der Waals surface area contributed by atoms with Gasteiger partial charge in [0.15, 0.2) is 0 Å². The molecule has 2 N–H and O–H groups in total. The zero-order valence-corrected chi connectivity index (χ0v) is 16.1. The molecule has 0 saturated carbocycles. The third-order valence-corrected chi connectivity index (χ3v) is 5.29. The van der Waals surface area contributed by atoms with E-state index in [0.717, 1.165) is 37.6 Å². The van der Waals surface area contributed by atoms with E-state index in [0.29, 0.717) is 6.54 Å². The fourth-order valence-corrected chi connectivity index (χ4v) is 3.86. The fourth-order valence-electron chi connectivity index (χ4n) is 2.64. The largest absolute Gasteiger partial charge is 0.349 e. The van der Waals surface area contributed by atoms with Gasteiger partial charge in [-0.1, -0.05) is 40.2 Å². The Bertz CT molecular complexity index is 1040. The number of para-hydroxylation sites is 2. The average molecular weight is 427 g/mol. The molecule has 1 amide bonds. The third kappa shape index (κ3) is 3.84. The second kappa shape index (κ2) is 7.39. The van der Waals surface area contributed by atoms with Crippen molar-refractivity contribution in [1.29, 1.82) is 0 Å². The summed E-state index contributed by atoms with van der Waals surface area (Å²) in [6, 6.07) is 15.8. The standard InChI is InChI=1S/C19H15BrN4OS/c20-13-5-3-4-12(8-13)19-22-14(11-26-19)9-18(25)21-10-17-23-15-6-1-2-7-16(15)24-17/h1-8,11H,9-10H2,(H,21,25)(H,23,24). The number of hydrogen-bond acceptors (Lipinski definition) is 4. The number of rotatable bonds is 5. The van der Waals surface area contributed by atoms with Crippen molar-refractivity contribution in [3.8, 4) is 10.6 Å². The molecule has 2 aromatic heterocycles. The molecular formula is C19H15BrN4OS. The quantitative estimate of drug-likeness (QED) is 0.499. The lowest BCUT2D eigenvalue weighted by molar-refractivity contribution is -0.120. The number of halogens is 1. The van der Waals surface area contributed by atoms with Gasteiger partial charge >= 0.3 is 0 Å². The van der Waals surface area contributed by atoms with Crippen LogP contribution in [0.5, 0.6) is 0 Å². The molecule has 0 saturated heterocycles. The molecule has 0 bridgehead atoms. The van der Waals surface area contributed by atoms with Crippen molar-refractivity contribution in [2.45, 2.75) is 13.0 Å². The Labute approximate surface area is 162 Å². The maximum absolute atomic E-state index is 12.2. The number of aromatic nitrogens is 3. The minimum absolute atomic E-state index is 0.0726. The molecule has 0 atom stereocenters. The summed E-state index contributed by atoms with van der Waals surface area (Å²) in [5, 5.41) is 5.73. The van der Waals surface area contributed by atoms with Crippen LogP contribution in [0.15, 0.2) is 58.4 Å². The Morgan fingerprint density at radius 2 is 2.04 bits per heavy atom. The molecule has 130 valence electrons. The molecule has 0 aliphatic heterocycles. The van der Waals surface area contributed by atoms with Crippen LogP contribution in [0.3, 0.4) is 0 Å². The van der Waals surface area contributed by atoms with Crippen LogP contribution in [0.4, 0.5) is 0 Å². The van der Waals surface area contributed by atoms with Gasteiger partial charge < -0.3 is 10.3 Å². The number of H-pyrrole nitrogens is 1. The van der Waals surface area contributed by atoms with Crippen molar-refractivity contribution in [2.24, 2.45) is 0 Å². The van der Waals surface area contributed by atoms with Gasteiger partial charge in [-0.2, -0.15) is 0 Å². The van der Waals surface area contributed by atoms with Crippen molar-refractivity contribution in [3.63, 3.8) is 0 Å². The lowest BCUT2D eigenvalue weighted by Gasteiger charge is -2.01. The highest BCUT2D eigenvalue weighted by atomic mass is 79.9. The molecule has 2 heterocycles. The van der Waals surface area contributed by atoms with Gasteiger partial charge in [0.25, 0.3) is 0 Å². The van der Waals surface area contributed by atoms with Crippen LogP contribution in [0.25, 0.3) is 21.6 Å². The highest BCUT2D eigenvalue weighted by Crippen LogP contribution is 2.26. The zero-order chi connectivity index (χ0) is 17.9. The number of fused-ring (bicyclic) bond motifs is 1. The van der Waals surface area contributed by atoms with E-state index in [1.807, 2.05) is 53.9 Å². The number of carbonyl (C=O) groups is 1. The normalized spacial score (nSPS) is 11.0. The molecule has 0 aliphatic rings. The molecular weight excluding hydrogens is 412 g/mol. The Balaban J connectivity index is 1.37. The van der Waals surface area contributed by atoms with Crippen molar-refractivity contribution in [1.82, 2.24) is 20.3 Å². The number of imidazole rings is 1. The maximum Gasteiger partial charge on any atom is 0.226 e. The molecule has 0 radical (unpaired) electrons. The predicted octanol–water partition coefficient (Wildman–Crippen LogP) is 4.31. The number of nitrogens with one attached hydrogen (secondary N) is 2. The number of aromatic amines is 1. The monoisotopic (exact) mass is 426 g/mol. The van der Waals surface area contributed by atoms with Gasteiger partial charge in [0.2, 0.25) is 5.91 Å². The Morgan fingerprint density at radius 3 is 2.88 bits per heavy atom. The number of nitrogens with zero attached hydrogens (tertiary/aromatic N) is 2. The summed E-state index contributed by atoms with van der Waals surface area (Å²) in [6.07, 6.45) is 0.255. The molecule has 2 aromatic carbocycles. The number of amides is 1. The Hall–Kier alpha value is -2.51. The van der Waals surface area contributed by atoms with Gasteiger partial charge in [0, 0.05) is 15.4 Å². The van der Waals surface area contributed by atoms with E-state index in [2.05, 4.69) is 36.2 Å². The zero-order valence-electron chi connectivity index (χ0n) is 13.7. The third-order valence-electron chi connectivity index (χ3n) is 3.86. The molecule has 7 heteroatoms. The van der Waals surface area contributed by atoms with Crippen LogP contribution in [0.2, 0.25) is 0 Å². The molecule has 4 rings (SSSR count). The minimum Gasteiger partial charge on any atom is -0.349 e. The van der Waals surface area contributed by atoms with E-state index >= 15 is 0 Å². The van der Waals surface area contributed by atoms with E-state index in [4.69, 9.17) is 0 Å². The highest BCUT2D eigenvalue weighted by molar-refractivity contribution is 9.10. The van der Waals surface area contributed by atoms with Crippen LogP contribution >= 0.6 is 27.3 Å². The summed E-state index contributed by atoms with van der Waals surface area (Å²) in [5.74, 6) is 0.671. The van der Waals surface area contributed by atoms with Crippen molar-refractivity contribution in [3.05, 3.63) is 69.9 Å². The van der Waals surface area contributed by atoms with E-state index < -0.39 is 0 Å². The first-order valence-electron chi connectivity index (χ1n) is 8.08. The minimum atomic E-state index is -0.0726. The number of thiazole rings is 1. The summed E-state index contributed by atoms with van der Waals surface area (Å²) in [6.45, 7) is 0.371. The molecule has 5 nitrogen and oxygen atoms in total. The predicted molar refractivity (Wildman–Crippen MR) is 107 cm³/mol. The van der Waals surface area contributed by atoms with Crippen LogP contribution in [0.1, 0.15) is 11.5 Å². The smallest absolute Gasteiger partial charge is 0.226 e. The van der Waals surface area contributed by atoms with Gasteiger partial charge in [-0.3, -0.25) is 4.79 Å². The number of benzene rings is 2. The maximum atomic E-state index is 12.2. The first kappa shape index (κ1) is 16.9. The molecule has 26 heavy (non-hydrogen) atoms. The summed E-state index contributed by atoms with van der Waals surface area (Å²) in [4.78, 5) is 24.4. The first-order chi connectivity index (χ1) is 12.7. The van der Waals surface area contributed by atoms with E-state index in [1.54, 1.807) is 11.3 Å². The molecule has 4 aromatic rings. The van der Waals surface area contributed by atoms with Gasteiger partial charge in [-0.05, 0) is 24.3 Å². The average Bonchev–Trinajstić information content (AvgIpc) is 3.26. The van der Waals surface area contributed by atoms with Gasteiger partial charge in [-0.25, -0.2) is 9.97 Å². The Morgan fingerprint density at radius 1 is 1.15 bits per heavy atom. The number of hydrogen-bond donors (Lipinski definition) is 2. The second-order valence-electron chi connectivity index (χ2n) is 5.81. The van der Waals surface area contributed by atoms with Crippen LogP contribution in [-0.2, 0) is 17.8 Å². The topological polar surface area (TPSA) is 70.7 Å². The molecule has 0 spiro atoms. The van der Waals surface area contributed by atoms with E-state index in [1.165, 1.54) is 0 Å². The lowest BCUT2D eigenvalue weighted by atomic mass is 10.2. The molecule has 0 fully saturated rings. The van der Waals surface area contributed by atoms with Gasteiger partial charge in [0.1, 0.15) is 10.8 Å². The lowest BCUT2D eigenvalue weighted by Crippen LogP contribution is -2.25. The Kier molecular flexibility index (Phi) is 4.81. The van der Waals surface area contributed by atoms with E-state index in [9.17, 15) is 4.79 Å². The van der Waals surface area contributed by atoms with Crippen molar-refractivity contribution < 1.29 is 4.79 Å². The van der Waals surface area contributed by atoms with Crippen molar-refractivity contribution >= 4 is 44.2 Å². The molecule has 0 unspecified atom stereocenters. The summed E-state index contributed by atoms with van der Waals surface area (Å²) in [7, 11) is 0. The fraction of sp³-hybridized carbons (Fsp3) is 0.105. The second-order valence-corrected chi connectivity index (χ2v) is 7.58. The van der Waals surface area contributed by atoms with Gasteiger partial charge in [0.05, 0.1) is 29.7 Å². The van der Waals surface area contributed by atoms with Crippen molar-refractivity contribution in [2.75, 3.05) is 0 Å². The molecule has 0 aliphatic carbocycles. The first-order valence-corrected chi connectivity index (χ1v) is 9.75. The SMILES string of the molecule is O=C(Cc1csc(-c2cccc(Br)c2)n1)NCc1nc2ccccc2[nH]1. The van der Waals surface area contributed by atoms with E-state index in [-0.39, 0.29) is 12.3 Å². The summed E-state index contributed by atoms with van der Waals surface area (Å²) < 4.78 is 1.01. The van der Waals surface area contributed by atoms with Crippen LogP contribution in [-0.4, -0.2) is 20.9 Å². The van der Waals surface area contributed by atoms with Gasteiger partial charge in [-0.15, -0.1) is 11.3 Å². The summed E-state index contributed by atoms with van der Waals surface area (Å²) >= 11 is 5.01. The summed E-state index contributed by atoms with van der Waals surface area (Å²) in [5.41, 5.74) is 3.68. The number of carbonyl (C=O) groups excluding carboxylic acids is 1. The van der Waals surface area contributed by atoms with Crippen LogP contribution in [0, 0.1) is 0 Å². The van der Waals surface area contributed by atoms with Crippen LogP contribution < -0.4 is 5.32 Å². The highest BCUT2D eigenvalue weighted by Gasteiger charge is 2.10.